The van der Waals surface area contributed by atoms with Crippen LogP contribution in [0.2, 0.25) is 5.02 Å². The third kappa shape index (κ3) is 4.07. The Labute approximate surface area is 100 Å². The highest BCUT2D eigenvalue weighted by Gasteiger charge is 2.31. The zero-order valence-electron chi connectivity index (χ0n) is 8.46. The second kappa shape index (κ2) is 5.18. The second-order valence-electron chi connectivity index (χ2n) is 3.16. The molecule has 0 saturated carbocycles. The average Bonchev–Trinajstić information content (AvgIpc) is 2.18. The molecule has 1 heterocycles. The molecule has 3 nitrogen and oxygen atoms in total. The minimum atomic E-state index is -4.48. The van der Waals surface area contributed by atoms with Crippen LogP contribution in [-0.4, -0.2) is 10.9 Å². The van der Waals surface area contributed by atoms with Gasteiger partial charge in [-0.05, 0) is 12.1 Å². The standard InChI is InChI=1S/C10H8ClF3N2O/c11-7-4-6(10(12,13)14)5-16-8(7)2-1-3-9(15)17/h1-2,4-5H,3H2,(H2,15,17). The Morgan fingerprint density at radius 1 is 1.53 bits per heavy atom. The quantitative estimate of drug-likeness (QED) is 0.912. The molecular weight excluding hydrogens is 257 g/mol. The number of alkyl halides is 3. The highest BCUT2D eigenvalue weighted by atomic mass is 35.5. The zero-order valence-corrected chi connectivity index (χ0v) is 9.22. The monoisotopic (exact) mass is 264 g/mol. The molecule has 0 spiro atoms. The van der Waals surface area contributed by atoms with Crippen molar-refractivity contribution in [2.24, 2.45) is 5.73 Å². The van der Waals surface area contributed by atoms with E-state index in [1.165, 1.54) is 12.2 Å². The van der Waals surface area contributed by atoms with E-state index in [1.807, 2.05) is 0 Å². The van der Waals surface area contributed by atoms with E-state index >= 15 is 0 Å². The van der Waals surface area contributed by atoms with E-state index in [1.54, 1.807) is 0 Å². The zero-order chi connectivity index (χ0) is 13.1. The maximum atomic E-state index is 12.3. The van der Waals surface area contributed by atoms with Crippen LogP contribution >= 0.6 is 11.6 Å². The van der Waals surface area contributed by atoms with Crippen LogP contribution in [0.15, 0.2) is 18.3 Å². The van der Waals surface area contributed by atoms with Crippen molar-refractivity contribution < 1.29 is 18.0 Å². The SMILES string of the molecule is NC(=O)CC=Cc1ncc(C(F)(F)F)cc1Cl. The van der Waals surface area contributed by atoms with Crippen molar-refractivity contribution in [2.45, 2.75) is 12.6 Å². The lowest BCUT2D eigenvalue weighted by atomic mass is 10.2. The van der Waals surface area contributed by atoms with Crippen molar-refractivity contribution >= 4 is 23.6 Å². The van der Waals surface area contributed by atoms with Gasteiger partial charge in [-0.1, -0.05) is 17.7 Å². The topological polar surface area (TPSA) is 56.0 Å². The lowest BCUT2D eigenvalue weighted by Crippen LogP contribution is -2.08. The van der Waals surface area contributed by atoms with Gasteiger partial charge in [0.15, 0.2) is 0 Å². The third-order valence-corrected chi connectivity index (χ3v) is 2.09. The van der Waals surface area contributed by atoms with Gasteiger partial charge in [0.05, 0.1) is 16.3 Å². The van der Waals surface area contributed by atoms with E-state index in [0.29, 0.717) is 6.20 Å². The summed E-state index contributed by atoms with van der Waals surface area (Å²) in [5.74, 6) is -0.552. The van der Waals surface area contributed by atoms with Gasteiger partial charge in [0.1, 0.15) is 0 Å². The number of aromatic nitrogens is 1. The van der Waals surface area contributed by atoms with Crippen molar-refractivity contribution in [1.29, 1.82) is 0 Å². The Balaban J connectivity index is 2.91. The number of amides is 1. The van der Waals surface area contributed by atoms with Gasteiger partial charge in [0.2, 0.25) is 5.91 Å². The van der Waals surface area contributed by atoms with Crippen molar-refractivity contribution in [3.8, 4) is 0 Å². The number of carbonyl (C=O) groups is 1. The molecule has 0 aliphatic rings. The molecule has 92 valence electrons. The first-order valence-corrected chi connectivity index (χ1v) is 4.86. The summed E-state index contributed by atoms with van der Waals surface area (Å²) in [5.41, 5.74) is 4.12. The first-order valence-electron chi connectivity index (χ1n) is 4.48. The fourth-order valence-electron chi connectivity index (χ4n) is 1.01. The number of hydrogen-bond donors (Lipinski definition) is 1. The molecule has 0 atom stereocenters. The van der Waals surface area contributed by atoms with E-state index in [2.05, 4.69) is 4.98 Å². The highest BCUT2D eigenvalue weighted by Crippen LogP contribution is 2.31. The molecule has 0 saturated heterocycles. The number of primary amides is 1. The molecule has 0 radical (unpaired) electrons. The van der Waals surface area contributed by atoms with E-state index < -0.39 is 17.6 Å². The number of nitrogens with zero attached hydrogens (tertiary/aromatic N) is 1. The van der Waals surface area contributed by atoms with Crippen LogP contribution in [0.5, 0.6) is 0 Å². The minimum absolute atomic E-state index is 0.0287. The molecule has 0 aliphatic carbocycles. The molecule has 0 unspecified atom stereocenters. The number of pyridine rings is 1. The summed E-state index contributed by atoms with van der Waals surface area (Å²) in [7, 11) is 0. The Hall–Kier alpha value is -1.56. The number of carbonyl (C=O) groups excluding carboxylic acids is 1. The van der Waals surface area contributed by atoms with Crippen molar-refractivity contribution in [2.75, 3.05) is 0 Å². The first kappa shape index (κ1) is 13.5. The molecule has 1 aromatic rings. The van der Waals surface area contributed by atoms with Crippen LogP contribution in [0.1, 0.15) is 17.7 Å². The largest absolute Gasteiger partial charge is 0.417 e. The minimum Gasteiger partial charge on any atom is -0.369 e. The predicted octanol–water partition coefficient (Wildman–Crippen LogP) is 2.64. The van der Waals surface area contributed by atoms with Gasteiger partial charge in [-0.15, -0.1) is 0 Å². The van der Waals surface area contributed by atoms with Crippen LogP contribution in [0, 0.1) is 0 Å². The number of rotatable bonds is 3. The average molecular weight is 265 g/mol. The first-order chi connectivity index (χ1) is 7.80. The Bertz CT molecular complexity index is 457. The maximum Gasteiger partial charge on any atom is 0.417 e. The molecule has 0 fully saturated rings. The van der Waals surface area contributed by atoms with E-state index in [4.69, 9.17) is 17.3 Å². The van der Waals surface area contributed by atoms with Gasteiger partial charge in [-0.2, -0.15) is 13.2 Å². The van der Waals surface area contributed by atoms with Gasteiger partial charge >= 0.3 is 6.18 Å². The summed E-state index contributed by atoms with van der Waals surface area (Å²) < 4.78 is 36.8. The Kier molecular flexibility index (Phi) is 4.11. The van der Waals surface area contributed by atoms with Gasteiger partial charge in [-0.25, -0.2) is 0 Å². The van der Waals surface area contributed by atoms with Crippen molar-refractivity contribution in [3.05, 3.63) is 34.6 Å². The molecule has 17 heavy (non-hydrogen) atoms. The summed E-state index contributed by atoms with van der Waals surface area (Å²) >= 11 is 5.62. The lowest BCUT2D eigenvalue weighted by molar-refractivity contribution is -0.137. The van der Waals surface area contributed by atoms with E-state index in [-0.39, 0.29) is 17.1 Å². The maximum absolute atomic E-state index is 12.3. The molecule has 0 bridgehead atoms. The van der Waals surface area contributed by atoms with Gasteiger partial charge in [0, 0.05) is 12.6 Å². The third-order valence-electron chi connectivity index (χ3n) is 1.79. The normalized spacial score (nSPS) is 12.0. The van der Waals surface area contributed by atoms with Crippen molar-refractivity contribution in [3.63, 3.8) is 0 Å². The Morgan fingerprint density at radius 3 is 2.65 bits per heavy atom. The number of hydrogen-bond acceptors (Lipinski definition) is 2. The summed E-state index contributed by atoms with van der Waals surface area (Å²) in [6.07, 6.45) is -1.11. The molecule has 1 rings (SSSR count). The van der Waals surface area contributed by atoms with Crippen LogP contribution in [-0.2, 0) is 11.0 Å². The summed E-state index contributed by atoms with van der Waals surface area (Å²) in [6, 6.07) is 0.776. The molecule has 0 aliphatic heterocycles. The van der Waals surface area contributed by atoms with Gasteiger partial charge < -0.3 is 5.73 Å². The molecule has 1 aromatic heterocycles. The molecular formula is C10H8ClF3N2O. The molecule has 1 amide bonds. The summed E-state index contributed by atoms with van der Waals surface area (Å²) in [4.78, 5) is 14.0. The van der Waals surface area contributed by atoms with Crippen LogP contribution in [0.3, 0.4) is 0 Å². The van der Waals surface area contributed by atoms with Crippen LogP contribution in [0.4, 0.5) is 13.2 Å². The number of nitrogens with two attached hydrogens (primary N) is 1. The smallest absolute Gasteiger partial charge is 0.369 e. The Morgan fingerprint density at radius 2 is 2.18 bits per heavy atom. The lowest BCUT2D eigenvalue weighted by Gasteiger charge is -2.07. The predicted molar refractivity (Wildman–Crippen MR) is 57.1 cm³/mol. The fourth-order valence-corrected chi connectivity index (χ4v) is 1.24. The van der Waals surface area contributed by atoms with Crippen LogP contribution < -0.4 is 5.73 Å². The van der Waals surface area contributed by atoms with Gasteiger partial charge in [-0.3, -0.25) is 9.78 Å². The second-order valence-corrected chi connectivity index (χ2v) is 3.57. The number of halogens is 4. The molecule has 7 heteroatoms. The molecule has 0 aromatic carbocycles. The van der Waals surface area contributed by atoms with Gasteiger partial charge in [0.25, 0.3) is 0 Å². The molecule has 2 N–H and O–H groups in total. The summed E-state index contributed by atoms with van der Waals surface area (Å²) in [6.45, 7) is 0. The van der Waals surface area contributed by atoms with Crippen LogP contribution in [0.25, 0.3) is 6.08 Å². The van der Waals surface area contributed by atoms with Crippen molar-refractivity contribution in [1.82, 2.24) is 4.98 Å². The van der Waals surface area contributed by atoms with E-state index in [9.17, 15) is 18.0 Å². The highest BCUT2D eigenvalue weighted by molar-refractivity contribution is 6.31. The fraction of sp³-hybridized carbons (Fsp3) is 0.200. The van der Waals surface area contributed by atoms with E-state index in [0.717, 1.165) is 6.07 Å². The summed E-state index contributed by atoms with van der Waals surface area (Å²) in [5, 5.41) is -0.138.